The minimum Gasteiger partial charge on any atom is -0.381 e. The normalized spacial score (nSPS) is 23.4. The second-order valence-electron chi connectivity index (χ2n) is 5.24. The average molecular weight is 292 g/mol. The summed E-state index contributed by atoms with van der Waals surface area (Å²) in [6.07, 6.45) is 3.94. The monoisotopic (exact) mass is 292 g/mol. The van der Waals surface area contributed by atoms with Crippen LogP contribution in [0, 0.1) is 6.92 Å². The molecular formula is C14H20N4OS. The van der Waals surface area contributed by atoms with Crippen molar-refractivity contribution in [2.45, 2.75) is 31.9 Å². The maximum atomic E-state index is 5.96. The predicted octanol–water partition coefficient (Wildman–Crippen LogP) is 1.94. The highest BCUT2D eigenvalue weighted by Crippen LogP contribution is 2.33. The summed E-state index contributed by atoms with van der Waals surface area (Å²) < 4.78 is 5.49. The Bertz CT molecular complexity index is 600. The van der Waals surface area contributed by atoms with Crippen LogP contribution in [0.3, 0.4) is 0 Å². The molecule has 2 aromatic rings. The third-order valence-corrected chi connectivity index (χ3v) is 4.94. The summed E-state index contributed by atoms with van der Waals surface area (Å²) in [5, 5.41) is 1.14. The Balaban J connectivity index is 1.97. The first-order valence-electron chi connectivity index (χ1n) is 6.93. The van der Waals surface area contributed by atoms with Crippen LogP contribution >= 0.6 is 11.3 Å². The van der Waals surface area contributed by atoms with Crippen LogP contribution in [0.1, 0.15) is 17.7 Å². The Morgan fingerprint density at radius 1 is 1.50 bits per heavy atom. The maximum Gasteiger partial charge on any atom is 0.141 e. The number of anilines is 1. The van der Waals surface area contributed by atoms with E-state index in [0.29, 0.717) is 12.6 Å². The van der Waals surface area contributed by atoms with Crippen molar-refractivity contribution < 1.29 is 4.74 Å². The van der Waals surface area contributed by atoms with Crippen LogP contribution in [0.15, 0.2) is 12.4 Å². The van der Waals surface area contributed by atoms with Gasteiger partial charge in [-0.1, -0.05) is 0 Å². The number of aryl methyl sites for hydroxylation is 1. The molecule has 3 rings (SSSR count). The Kier molecular flexibility index (Phi) is 3.87. The molecule has 0 radical (unpaired) electrons. The van der Waals surface area contributed by atoms with Crippen LogP contribution in [0.4, 0.5) is 5.82 Å². The molecule has 20 heavy (non-hydrogen) atoms. The molecule has 0 aliphatic carbocycles. The van der Waals surface area contributed by atoms with Gasteiger partial charge in [0.2, 0.25) is 0 Å². The molecule has 0 spiro atoms. The van der Waals surface area contributed by atoms with E-state index in [2.05, 4.69) is 27.9 Å². The van der Waals surface area contributed by atoms with Gasteiger partial charge in [-0.15, -0.1) is 11.3 Å². The van der Waals surface area contributed by atoms with E-state index >= 15 is 0 Å². The van der Waals surface area contributed by atoms with E-state index in [1.165, 1.54) is 4.88 Å². The fraction of sp³-hybridized carbons (Fsp3) is 0.571. The molecule has 108 valence electrons. The van der Waals surface area contributed by atoms with Crippen molar-refractivity contribution in [1.29, 1.82) is 0 Å². The number of hydrogen-bond donors (Lipinski definition) is 1. The highest BCUT2D eigenvalue weighted by molar-refractivity contribution is 7.18. The molecule has 2 atom stereocenters. The van der Waals surface area contributed by atoms with E-state index in [1.807, 2.05) is 0 Å². The molecule has 1 saturated heterocycles. The first-order valence-corrected chi connectivity index (χ1v) is 7.75. The van der Waals surface area contributed by atoms with Crippen LogP contribution < -0.4 is 10.6 Å². The number of rotatable bonds is 3. The lowest BCUT2D eigenvalue weighted by molar-refractivity contribution is 0.0708. The second kappa shape index (κ2) is 5.63. The minimum atomic E-state index is 0.284. The van der Waals surface area contributed by atoms with Crippen LogP contribution in [0.2, 0.25) is 0 Å². The number of ether oxygens (including phenoxy) is 1. The molecule has 5 nitrogen and oxygen atoms in total. The van der Waals surface area contributed by atoms with Crippen LogP contribution in [0.5, 0.6) is 0 Å². The zero-order valence-electron chi connectivity index (χ0n) is 11.9. The van der Waals surface area contributed by atoms with Gasteiger partial charge in [0.25, 0.3) is 0 Å². The largest absolute Gasteiger partial charge is 0.381 e. The van der Waals surface area contributed by atoms with Crippen molar-refractivity contribution in [3.05, 3.63) is 17.3 Å². The van der Waals surface area contributed by atoms with Gasteiger partial charge in [-0.3, -0.25) is 0 Å². The molecule has 0 bridgehead atoms. The Morgan fingerprint density at radius 3 is 3.10 bits per heavy atom. The quantitative estimate of drug-likeness (QED) is 0.936. The fourth-order valence-electron chi connectivity index (χ4n) is 2.92. The Hall–Kier alpha value is -1.24. The second-order valence-corrected chi connectivity index (χ2v) is 6.47. The third kappa shape index (κ3) is 2.39. The maximum absolute atomic E-state index is 5.96. The number of fused-ring (bicyclic) bond motifs is 1. The molecule has 0 aromatic carbocycles. The van der Waals surface area contributed by atoms with Crippen molar-refractivity contribution in [2.24, 2.45) is 5.73 Å². The highest BCUT2D eigenvalue weighted by atomic mass is 32.1. The first-order chi connectivity index (χ1) is 9.72. The van der Waals surface area contributed by atoms with E-state index in [-0.39, 0.29) is 6.04 Å². The number of piperidine rings is 1. The zero-order valence-corrected chi connectivity index (χ0v) is 12.7. The molecule has 0 amide bonds. The van der Waals surface area contributed by atoms with Crippen LogP contribution in [-0.2, 0) is 4.74 Å². The molecule has 1 fully saturated rings. The lowest BCUT2D eigenvalue weighted by atomic mass is 9.99. The minimum absolute atomic E-state index is 0.284. The molecule has 2 unspecified atom stereocenters. The lowest BCUT2D eigenvalue weighted by Gasteiger charge is -2.39. The fourth-order valence-corrected chi connectivity index (χ4v) is 3.76. The number of aromatic nitrogens is 2. The van der Waals surface area contributed by atoms with Gasteiger partial charge in [0.15, 0.2) is 0 Å². The topological polar surface area (TPSA) is 64.3 Å². The van der Waals surface area contributed by atoms with Gasteiger partial charge in [-0.05, 0) is 25.8 Å². The van der Waals surface area contributed by atoms with Gasteiger partial charge in [0.1, 0.15) is 17.0 Å². The SMILES string of the molecule is COC1CCN(c2ncnc3sc(C)cc23)C(CN)C1. The van der Waals surface area contributed by atoms with Gasteiger partial charge < -0.3 is 15.4 Å². The van der Waals surface area contributed by atoms with Gasteiger partial charge in [-0.2, -0.15) is 0 Å². The van der Waals surface area contributed by atoms with Crippen molar-refractivity contribution >= 4 is 27.4 Å². The van der Waals surface area contributed by atoms with Gasteiger partial charge in [0, 0.05) is 31.1 Å². The van der Waals surface area contributed by atoms with Crippen LogP contribution in [0.25, 0.3) is 10.2 Å². The Morgan fingerprint density at radius 2 is 2.35 bits per heavy atom. The summed E-state index contributed by atoms with van der Waals surface area (Å²) in [5.74, 6) is 1.02. The molecule has 2 N–H and O–H groups in total. The molecule has 6 heteroatoms. The number of nitrogens with zero attached hydrogens (tertiary/aromatic N) is 3. The van der Waals surface area contributed by atoms with E-state index in [0.717, 1.165) is 35.4 Å². The number of thiophene rings is 1. The van der Waals surface area contributed by atoms with E-state index < -0.39 is 0 Å². The lowest BCUT2D eigenvalue weighted by Crippen LogP contribution is -2.49. The van der Waals surface area contributed by atoms with Gasteiger partial charge >= 0.3 is 0 Å². The number of nitrogens with two attached hydrogens (primary N) is 1. The van der Waals surface area contributed by atoms with E-state index in [4.69, 9.17) is 10.5 Å². The third-order valence-electron chi connectivity index (χ3n) is 3.98. The average Bonchev–Trinajstić information content (AvgIpc) is 2.86. The zero-order chi connectivity index (χ0) is 14.1. The number of methoxy groups -OCH3 is 1. The molecular weight excluding hydrogens is 272 g/mol. The molecule has 1 aliphatic rings. The van der Waals surface area contributed by atoms with Crippen molar-refractivity contribution in [3.8, 4) is 0 Å². The van der Waals surface area contributed by atoms with Gasteiger partial charge in [0.05, 0.1) is 11.5 Å². The standard InChI is InChI=1S/C14H20N4OS/c1-9-5-12-13(16-8-17-14(12)20-9)18-4-3-11(19-2)6-10(18)7-15/h5,8,10-11H,3-4,6-7,15H2,1-2H3. The molecule has 2 aromatic heterocycles. The highest BCUT2D eigenvalue weighted by Gasteiger charge is 2.29. The Labute approximate surface area is 122 Å². The van der Waals surface area contributed by atoms with E-state index in [1.54, 1.807) is 24.8 Å². The first kappa shape index (κ1) is 13.7. The van der Waals surface area contributed by atoms with Crippen molar-refractivity contribution in [2.75, 3.05) is 25.1 Å². The van der Waals surface area contributed by atoms with Crippen LogP contribution in [-0.4, -0.2) is 42.3 Å². The van der Waals surface area contributed by atoms with E-state index in [9.17, 15) is 0 Å². The van der Waals surface area contributed by atoms with Crippen molar-refractivity contribution in [3.63, 3.8) is 0 Å². The molecule has 1 aliphatic heterocycles. The molecule has 3 heterocycles. The molecule has 0 saturated carbocycles. The summed E-state index contributed by atoms with van der Waals surface area (Å²) >= 11 is 1.71. The summed E-state index contributed by atoms with van der Waals surface area (Å²) in [5.41, 5.74) is 5.96. The van der Waals surface area contributed by atoms with Crippen molar-refractivity contribution in [1.82, 2.24) is 9.97 Å². The summed E-state index contributed by atoms with van der Waals surface area (Å²) in [6, 6.07) is 2.46. The number of hydrogen-bond acceptors (Lipinski definition) is 6. The summed E-state index contributed by atoms with van der Waals surface area (Å²) in [7, 11) is 1.78. The predicted molar refractivity (Wildman–Crippen MR) is 82.4 cm³/mol. The summed E-state index contributed by atoms with van der Waals surface area (Å²) in [4.78, 5) is 13.5. The smallest absolute Gasteiger partial charge is 0.141 e. The van der Waals surface area contributed by atoms with Gasteiger partial charge in [-0.25, -0.2) is 9.97 Å². The summed E-state index contributed by atoms with van der Waals surface area (Å²) in [6.45, 7) is 3.66.